The van der Waals surface area contributed by atoms with Gasteiger partial charge in [0, 0.05) is 46.8 Å². The first-order valence-electron chi connectivity index (χ1n) is 14.9. The number of hydrogen-bond acceptors (Lipinski definition) is 3. The van der Waals surface area contributed by atoms with E-state index in [2.05, 4.69) is 70.1 Å². The van der Waals surface area contributed by atoms with Crippen molar-refractivity contribution >= 4 is 49.4 Å². The third kappa shape index (κ3) is 3.93. The van der Waals surface area contributed by atoms with Gasteiger partial charge in [0.1, 0.15) is 22.7 Å². The molecule has 0 saturated heterocycles. The largest absolute Gasteiger partial charge is 0.456 e. The van der Waals surface area contributed by atoms with Crippen LogP contribution < -0.4 is 9.47 Å². The van der Waals surface area contributed by atoms with Crippen LogP contribution in [0.3, 0.4) is 0 Å². The Kier molecular flexibility index (Phi) is 5.24. The second-order valence-electron chi connectivity index (χ2n) is 12.0. The predicted octanol–water partition coefficient (Wildman–Crippen LogP) is 11.1. The van der Waals surface area contributed by atoms with Crippen LogP contribution in [-0.4, -0.2) is 10.4 Å². The third-order valence-electron chi connectivity index (χ3n) is 8.70. The fraction of sp³-hybridized carbons (Fsp3) is 0.0750. The molecule has 0 aliphatic carbocycles. The summed E-state index contributed by atoms with van der Waals surface area (Å²) in [7, 11) is 0. The van der Waals surface area contributed by atoms with Crippen LogP contribution in [0.15, 0.2) is 126 Å². The Bertz CT molecular complexity index is 2540. The number of ether oxygens (including phenoxy) is 2. The number of benzene rings is 6. The normalized spacial score (nSPS) is 13.6. The van der Waals surface area contributed by atoms with Crippen LogP contribution in [0.5, 0.6) is 11.5 Å². The number of aromatic nitrogens is 1. The van der Waals surface area contributed by atoms with E-state index in [1.54, 1.807) is 0 Å². The van der Waals surface area contributed by atoms with Crippen molar-refractivity contribution in [1.82, 2.24) is 4.57 Å². The Morgan fingerprint density at radius 2 is 1.24 bits per heavy atom. The molecule has 0 amide bonds. The maximum atomic E-state index is 7.56. The summed E-state index contributed by atoms with van der Waals surface area (Å²) >= 11 is 0. The molecule has 0 saturated carbocycles. The molecule has 0 radical (unpaired) electrons. The molecule has 6 aromatic carbocycles. The van der Waals surface area contributed by atoms with E-state index in [0.717, 1.165) is 83.2 Å². The van der Waals surface area contributed by atoms with Crippen molar-refractivity contribution in [2.75, 3.05) is 0 Å². The number of nitrogens with zero attached hydrogens (tertiary/aromatic N) is 2. The zero-order chi connectivity index (χ0) is 30.3. The number of hydrogen-bond donors (Lipinski definition) is 0. The Balaban J connectivity index is 1.26. The predicted molar refractivity (Wildman–Crippen MR) is 181 cm³/mol. The fourth-order valence-corrected chi connectivity index (χ4v) is 6.73. The molecule has 1 aliphatic heterocycles. The van der Waals surface area contributed by atoms with Gasteiger partial charge in [0.15, 0.2) is 5.69 Å². The van der Waals surface area contributed by atoms with Crippen molar-refractivity contribution in [2.45, 2.75) is 19.6 Å². The molecule has 1 aliphatic rings. The Labute approximate surface area is 259 Å². The maximum absolute atomic E-state index is 7.56. The lowest BCUT2D eigenvalue weighted by Crippen LogP contribution is -2.34. The molecule has 5 nitrogen and oxygen atoms in total. The van der Waals surface area contributed by atoms with Gasteiger partial charge in [-0.15, -0.1) is 0 Å². The lowest BCUT2D eigenvalue weighted by atomic mass is 9.96. The van der Waals surface area contributed by atoms with E-state index in [1.807, 2.05) is 74.5 Å². The van der Waals surface area contributed by atoms with Crippen LogP contribution in [0, 0.1) is 6.57 Å². The van der Waals surface area contributed by atoms with E-state index >= 15 is 0 Å². The maximum Gasteiger partial charge on any atom is 0.245 e. The quantitative estimate of drug-likeness (QED) is 0.190. The molecule has 0 fully saturated rings. The van der Waals surface area contributed by atoms with Crippen LogP contribution in [0.4, 0.5) is 5.69 Å². The van der Waals surface area contributed by atoms with E-state index < -0.39 is 5.79 Å². The van der Waals surface area contributed by atoms with E-state index in [9.17, 15) is 0 Å². The first-order valence-corrected chi connectivity index (χ1v) is 14.9. The molecule has 3 heterocycles. The number of para-hydroxylation sites is 2. The third-order valence-corrected chi connectivity index (χ3v) is 8.70. The molecule has 214 valence electrons. The van der Waals surface area contributed by atoms with Crippen molar-refractivity contribution in [3.05, 3.63) is 133 Å². The van der Waals surface area contributed by atoms with Gasteiger partial charge in [-0.2, -0.15) is 0 Å². The summed E-state index contributed by atoms with van der Waals surface area (Å²) in [5.74, 6) is 0.658. The van der Waals surface area contributed by atoms with Crippen LogP contribution in [0.2, 0.25) is 0 Å². The highest BCUT2D eigenvalue weighted by molar-refractivity contribution is 6.10. The van der Waals surface area contributed by atoms with Gasteiger partial charge < -0.3 is 18.5 Å². The molecule has 2 aromatic heterocycles. The average Bonchev–Trinajstić information content (AvgIpc) is 3.56. The first kappa shape index (κ1) is 25.5. The molecule has 0 atom stereocenters. The zero-order valence-electron chi connectivity index (χ0n) is 24.7. The van der Waals surface area contributed by atoms with E-state index in [0.29, 0.717) is 5.69 Å². The lowest BCUT2D eigenvalue weighted by molar-refractivity contribution is -0.0778. The van der Waals surface area contributed by atoms with Crippen molar-refractivity contribution in [1.29, 1.82) is 0 Å². The molecular formula is C40H26N2O3. The van der Waals surface area contributed by atoms with Crippen LogP contribution >= 0.6 is 0 Å². The highest BCUT2D eigenvalue weighted by Crippen LogP contribution is 2.46. The van der Waals surface area contributed by atoms with E-state index in [-0.39, 0.29) is 0 Å². The summed E-state index contributed by atoms with van der Waals surface area (Å²) in [6.07, 6.45) is 0. The average molecular weight is 583 g/mol. The minimum Gasteiger partial charge on any atom is -0.456 e. The molecule has 0 bridgehead atoms. The number of fused-ring (bicyclic) bond motifs is 9. The molecular weight excluding hydrogens is 556 g/mol. The monoisotopic (exact) mass is 582 g/mol. The summed E-state index contributed by atoms with van der Waals surface area (Å²) in [5, 5.41) is 4.36. The summed E-state index contributed by atoms with van der Waals surface area (Å²) in [5.41, 5.74) is 9.59. The molecule has 9 rings (SSSR count). The second kappa shape index (κ2) is 9.25. The van der Waals surface area contributed by atoms with Crippen molar-refractivity contribution < 1.29 is 13.9 Å². The van der Waals surface area contributed by atoms with E-state index in [4.69, 9.17) is 20.5 Å². The molecule has 0 N–H and O–H groups in total. The standard InChI is InChI=1S/C40H26N2O3/c1-40(2)44-38-18-13-25(24-12-17-37-31(20-24)29-9-5-7-11-36(29)43-37)21-32(38)33-23-27(15-19-39(33)45-40)42-34-10-6-4-8-28(34)30-22-26(41-3)14-16-35(30)42/h4-23H,1-2H3. The van der Waals surface area contributed by atoms with Gasteiger partial charge in [-0.25, -0.2) is 4.85 Å². The second-order valence-corrected chi connectivity index (χ2v) is 12.0. The lowest BCUT2D eigenvalue weighted by Gasteiger charge is -2.25. The van der Waals surface area contributed by atoms with Gasteiger partial charge >= 0.3 is 0 Å². The minimum absolute atomic E-state index is 0.628. The van der Waals surface area contributed by atoms with Gasteiger partial charge in [-0.1, -0.05) is 54.6 Å². The SMILES string of the molecule is [C-]#[N+]c1ccc2c(c1)c1ccccc1n2-c1ccc2c(c1)-c1cc(-c3ccc4oc5ccccc5c4c3)ccc1OC(C)(C)O2. The Morgan fingerprint density at radius 3 is 2.09 bits per heavy atom. The number of furan rings is 1. The minimum atomic E-state index is -0.860. The van der Waals surface area contributed by atoms with Crippen molar-refractivity contribution in [2.24, 2.45) is 0 Å². The van der Waals surface area contributed by atoms with Gasteiger partial charge in [0.05, 0.1) is 17.6 Å². The van der Waals surface area contributed by atoms with Crippen molar-refractivity contribution in [3.63, 3.8) is 0 Å². The highest BCUT2D eigenvalue weighted by atomic mass is 16.7. The molecule has 0 unspecified atom stereocenters. The summed E-state index contributed by atoms with van der Waals surface area (Å²) in [6.45, 7) is 11.4. The van der Waals surface area contributed by atoms with E-state index in [1.165, 1.54) is 0 Å². The molecule has 0 spiro atoms. The number of rotatable bonds is 2. The first-order chi connectivity index (χ1) is 22.0. The summed E-state index contributed by atoms with van der Waals surface area (Å²) in [6, 6.07) is 41.4. The van der Waals surface area contributed by atoms with Gasteiger partial charge in [-0.05, 0) is 83.2 Å². The zero-order valence-corrected chi connectivity index (χ0v) is 24.7. The fourth-order valence-electron chi connectivity index (χ4n) is 6.73. The van der Waals surface area contributed by atoms with Crippen LogP contribution in [-0.2, 0) is 0 Å². The molecule has 5 heteroatoms. The van der Waals surface area contributed by atoms with Crippen LogP contribution in [0.1, 0.15) is 13.8 Å². The van der Waals surface area contributed by atoms with Gasteiger partial charge in [0.2, 0.25) is 5.79 Å². The van der Waals surface area contributed by atoms with Crippen molar-refractivity contribution in [3.8, 4) is 39.4 Å². The molecule has 8 aromatic rings. The van der Waals surface area contributed by atoms with Crippen LogP contribution in [0.25, 0.3) is 76.5 Å². The topological polar surface area (TPSA) is 40.9 Å². The Hall–Kier alpha value is -5.99. The molecule has 45 heavy (non-hydrogen) atoms. The van der Waals surface area contributed by atoms with Gasteiger partial charge in [0.25, 0.3) is 0 Å². The van der Waals surface area contributed by atoms with Gasteiger partial charge in [-0.3, -0.25) is 0 Å². The highest BCUT2D eigenvalue weighted by Gasteiger charge is 2.30. The summed E-state index contributed by atoms with van der Waals surface area (Å²) < 4.78 is 21.3. The smallest absolute Gasteiger partial charge is 0.245 e. The Morgan fingerprint density at radius 1 is 0.578 bits per heavy atom. The summed E-state index contributed by atoms with van der Waals surface area (Å²) in [4.78, 5) is 3.68.